The first-order chi connectivity index (χ1) is 8.11. The largest absolute Gasteiger partial charge is 0.316 e. The van der Waals surface area contributed by atoms with E-state index in [9.17, 15) is 0 Å². The van der Waals surface area contributed by atoms with Gasteiger partial charge in [0.1, 0.15) is 0 Å². The highest BCUT2D eigenvalue weighted by Gasteiger charge is 2.11. The van der Waals surface area contributed by atoms with Crippen LogP contribution in [0.3, 0.4) is 0 Å². The average molecular weight is 233 g/mol. The summed E-state index contributed by atoms with van der Waals surface area (Å²) < 4.78 is 3.83. The topological polar surface area (TPSA) is 47.7 Å². The molecular formula is C12H19N5. The van der Waals surface area contributed by atoms with Crippen LogP contribution in [0.25, 0.3) is 0 Å². The molecule has 0 aliphatic heterocycles. The summed E-state index contributed by atoms with van der Waals surface area (Å²) in [5, 5.41) is 12.1. The molecule has 2 aromatic rings. The van der Waals surface area contributed by atoms with Gasteiger partial charge in [-0.25, -0.2) is 0 Å². The van der Waals surface area contributed by atoms with Crippen LogP contribution in [0.5, 0.6) is 0 Å². The minimum absolute atomic E-state index is 0.733. The Balaban J connectivity index is 2.24. The molecule has 92 valence electrons. The average Bonchev–Trinajstić information content (AvgIpc) is 2.79. The van der Waals surface area contributed by atoms with Gasteiger partial charge in [-0.1, -0.05) is 0 Å². The summed E-state index contributed by atoms with van der Waals surface area (Å²) in [5.74, 6) is 0. The van der Waals surface area contributed by atoms with Gasteiger partial charge in [0.25, 0.3) is 0 Å². The highest BCUT2D eigenvalue weighted by Crippen LogP contribution is 2.13. The third-order valence-electron chi connectivity index (χ3n) is 2.97. The van der Waals surface area contributed by atoms with Gasteiger partial charge in [-0.15, -0.1) is 0 Å². The number of rotatable bonds is 4. The lowest BCUT2D eigenvalue weighted by molar-refractivity contribution is 0.629. The molecule has 5 heteroatoms. The van der Waals surface area contributed by atoms with Gasteiger partial charge < -0.3 is 5.32 Å². The molecule has 0 aliphatic rings. The molecule has 0 amide bonds. The van der Waals surface area contributed by atoms with E-state index in [1.165, 1.54) is 11.3 Å². The minimum Gasteiger partial charge on any atom is -0.316 e. The maximum Gasteiger partial charge on any atom is 0.0853 e. The number of nitrogens with zero attached hydrogens (tertiary/aromatic N) is 4. The molecule has 0 bridgehead atoms. The monoisotopic (exact) mass is 233 g/mol. The number of aromatic nitrogens is 4. The molecule has 17 heavy (non-hydrogen) atoms. The van der Waals surface area contributed by atoms with E-state index in [2.05, 4.69) is 29.4 Å². The van der Waals surface area contributed by atoms with E-state index in [0.29, 0.717) is 0 Å². The zero-order valence-electron chi connectivity index (χ0n) is 10.9. The van der Waals surface area contributed by atoms with Crippen molar-refractivity contribution in [3.05, 3.63) is 34.9 Å². The second-order valence-corrected chi connectivity index (χ2v) is 4.32. The molecule has 0 aromatic carbocycles. The van der Waals surface area contributed by atoms with E-state index in [4.69, 9.17) is 0 Å². The summed E-state index contributed by atoms with van der Waals surface area (Å²) >= 11 is 0. The van der Waals surface area contributed by atoms with E-state index in [1.807, 2.05) is 35.7 Å². The van der Waals surface area contributed by atoms with Gasteiger partial charge in [0.05, 0.1) is 17.9 Å². The van der Waals surface area contributed by atoms with E-state index in [0.717, 1.165) is 24.5 Å². The Kier molecular flexibility index (Phi) is 3.28. The Hall–Kier alpha value is -1.62. The van der Waals surface area contributed by atoms with Crippen molar-refractivity contribution in [3.63, 3.8) is 0 Å². The number of aryl methyl sites for hydroxylation is 2. The van der Waals surface area contributed by atoms with Gasteiger partial charge in [-0.2, -0.15) is 10.2 Å². The smallest absolute Gasteiger partial charge is 0.0853 e. The number of hydrogen-bond donors (Lipinski definition) is 1. The summed E-state index contributed by atoms with van der Waals surface area (Å²) in [4.78, 5) is 0. The molecule has 0 aliphatic carbocycles. The molecule has 0 radical (unpaired) electrons. The van der Waals surface area contributed by atoms with Crippen LogP contribution in [-0.2, 0) is 20.1 Å². The summed E-state index contributed by atoms with van der Waals surface area (Å²) in [6, 6.07) is 2.02. The number of nitrogens with one attached hydrogen (secondary N) is 1. The molecule has 2 heterocycles. The first-order valence-electron chi connectivity index (χ1n) is 5.78. The lowest BCUT2D eigenvalue weighted by atomic mass is 10.2. The lowest BCUT2D eigenvalue weighted by Gasteiger charge is -2.03. The lowest BCUT2D eigenvalue weighted by Crippen LogP contribution is -2.08. The van der Waals surface area contributed by atoms with Crippen molar-refractivity contribution >= 4 is 0 Å². The summed E-state index contributed by atoms with van der Waals surface area (Å²) in [5.41, 5.74) is 4.62. The molecular weight excluding hydrogens is 214 g/mol. The van der Waals surface area contributed by atoms with Gasteiger partial charge in [0, 0.05) is 31.0 Å². The van der Waals surface area contributed by atoms with Crippen molar-refractivity contribution in [1.29, 1.82) is 0 Å². The van der Waals surface area contributed by atoms with Crippen LogP contribution in [0.4, 0.5) is 0 Å². The van der Waals surface area contributed by atoms with Gasteiger partial charge in [0.15, 0.2) is 0 Å². The van der Waals surface area contributed by atoms with Crippen LogP contribution in [0, 0.1) is 13.8 Å². The van der Waals surface area contributed by atoms with Crippen LogP contribution in [0.1, 0.15) is 22.6 Å². The van der Waals surface area contributed by atoms with E-state index < -0.39 is 0 Å². The Bertz CT molecular complexity index is 509. The quantitative estimate of drug-likeness (QED) is 0.857. The highest BCUT2D eigenvalue weighted by atomic mass is 15.3. The van der Waals surface area contributed by atoms with Gasteiger partial charge in [-0.3, -0.25) is 9.36 Å². The van der Waals surface area contributed by atoms with Crippen LogP contribution in [0.2, 0.25) is 0 Å². The molecule has 0 atom stereocenters. The summed E-state index contributed by atoms with van der Waals surface area (Å²) in [6.07, 6.45) is 1.95. The molecule has 0 fully saturated rings. The normalized spacial score (nSPS) is 11.1. The Morgan fingerprint density at radius 2 is 2.06 bits per heavy atom. The Labute approximate surface area is 101 Å². The Morgan fingerprint density at radius 3 is 2.65 bits per heavy atom. The van der Waals surface area contributed by atoms with Crippen molar-refractivity contribution in [1.82, 2.24) is 24.9 Å². The van der Waals surface area contributed by atoms with Gasteiger partial charge >= 0.3 is 0 Å². The van der Waals surface area contributed by atoms with E-state index in [1.54, 1.807) is 0 Å². The predicted molar refractivity (Wildman–Crippen MR) is 66.8 cm³/mol. The highest BCUT2D eigenvalue weighted by molar-refractivity contribution is 5.24. The van der Waals surface area contributed by atoms with Crippen LogP contribution in [0.15, 0.2) is 12.3 Å². The molecule has 2 aromatic heterocycles. The van der Waals surface area contributed by atoms with Crippen LogP contribution in [-0.4, -0.2) is 26.6 Å². The predicted octanol–water partition coefficient (Wildman–Crippen LogP) is 1.00. The minimum atomic E-state index is 0.733. The maximum atomic E-state index is 4.56. The fourth-order valence-corrected chi connectivity index (χ4v) is 2.02. The molecule has 0 saturated heterocycles. The molecule has 5 nitrogen and oxygen atoms in total. The first-order valence-corrected chi connectivity index (χ1v) is 5.78. The third kappa shape index (κ3) is 2.39. The standard InChI is InChI=1S/C12H19N5/c1-9-12(7-13-3)10(2)17(14-9)8-11-5-6-16(4)15-11/h5-6,13H,7-8H2,1-4H3. The first kappa shape index (κ1) is 11.9. The zero-order valence-corrected chi connectivity index (χ0v) is 10.9. The summed E-state index contributed by atoms with van der Waals surface area (Å²) in [6.45, 7) is 5.75. The zero-order chi connectivity index (χ0) is 12.4. The van der Waals surface area contributed by atoms with Crippen LogP contribution >= 0.6 is 0 Å². The second kappa shape index (κ2) is 4.71. The van der Waals surface area contributed by atoms with Crippen LogP contribution < -0.4 is 5.32 Å². The van der Waals surface area contributed by atoms with Crippen molar-refractivity contribution in [2.45, 2.75) is 26.9 Å². The second-order valence-electron chi connectivity index (χ2n) is 4.32. The van der Waals surface area contributed by atoms with Crippen molar-refractivity contribution in [2.24, 2.45) is 7.05 Å². The van der Waals surface area contributed by atoms with Crippen molar-refractivity contribution < 1.29 is 0 Å². The fraction of sp³-hybridized carbons (Fsp3) is 0.500. The third-order valence-corrected chi connectivity index (χ3v) is 2.97. The van der Waals surface area contributed by atoms with Gasteiger partial charge in [-0.05, 0) is 27.0 Å². The maximum absolute atomic E-state index is 4.56. The van der Waals surface area contributed by atoms with Gasteiger partial charge in [0.2, 0.25) is 0 Å². The molecule has 1 N–H and O–H groups in total. The Morgan fingerprint density at radius 1 is 1.29 bits per heavy atom. The number of hydrogen-bond acceptors (Lipinski definition) is 3. The fourth-order valence-electron chi connectivity index (χ4n) is 2.02. The van der Waals surface area contributed by atoms with E-state index in [-0.39, 0.29) is 0 Å². The molecule has 0 spiro atoms. The van der Waals surface area contributed by atoms with E-state index >= 15 is 0 Å². The SMILES string of the molecule is CNCc1c(C)nn(Cc2ccn(C)n2)c1C. The molecule has 2 rings (SSSR count). The molecule has 0 saturated carbocycles. The molecule has 0 unspecified atom stereocenters. The van der Waals surface area contributed by atoms with Crippen molar-refractivity contribution in [3.8, 4) is 0 Å². The van der Waals surface area contributed by atoms with Crippen molar-refractivity contribution in [2.75, 3.05) is 7.05 Å². The summed E-state index contributed by atoms with van der Waals surface area (Å²) in [7, 11) is 3.88.